The van der Waals surface area contributed by atoms with Crippen molar-refractivity contribution in [2.75, 3.05) is 13.7 Å². The van der Waals surface area contributed by atoms with Crippen LogP contribution in [0.5, 0.6) is 0 Å². The first-order chi connectivity index (χ1) is 9.26. The van der Waals surface area contributed by atoms with E-state index in [1.165, 1.54) is 25.7 Å². The summed E-state index contributed by atoms with van der Waals surface area (Å²) in [6.07, 6.45) is 6.18. The van der Waals surface area contributed by atoms with Crippen molar-refractivity contribution in [3.63, 3.8) is 0 Å². The van der Waals surface area contributed by atoms with Crippen LogP contribution in [0.25, 0.3) is 0 Å². The highest BCUT2D eigenvalue weighted by atomic mass is 16.5. The van der Waals surface area contributed by atoms with Crippen LogP contribution in [0.2, 0.25) is 0 Å². The van der Waals surface area contributed by atoms with E-state index in [9.17, 15) is 0 Å². The quantitative estimate of drug-likeness (QED) is 0.909. The van der Waals surface area contributed by atoms with Crippen molar-refractivity contribution in [3.8, 4) is 0 Å². The van der Waals surface area contributed by atoms with Crippen molar-refractivity contribution >= 4 is 0 Å². The minimum atomic E-state index is 0.159. The molecule has 0 bridgehead atoms. The van der Waals surface area contributed by atoms with Crippen LogP contribution >= 0.6 is 0 Å². The molecule has 5 heteroatoms. The van der Waals surface area contributed by atoms with Gasteiger partial charge in [-0.1, -0.05) is 24.9 Å². The molecule has 0 aromatic carbocycles. The summed E-state index contributed by atoms with van der Waals surface area (Å²) >= 11 is 0. The third-order valence-electron chi connectivity index (χ3n) is 4.48. The Balaban J connectivity index is 1.66. The van der Waals surface area contributed by atoms with Gasteiger partial charge >= 0.3 is 0 Å². The molecule has 2 aliphatic rings. The van der Waals surface area contributed by atoms with Crippen LogP contribution in [0.15, 0.2) is 4.52 Å². The lowest BCUT2D eigenvalue weighted by atomic mass is 9.82. The largest absolute Gasteiger partial charge is 0.380 e. The van der Waals surface area contributed by atoms with Crippen LogP contribution in [-0.2, 0) is 4.74 Å². The summed E-state index contributed by atoms with van der Waals surface area (Å²) in [5.74, 6) is 2.90. The first-order valence-corrected chi connectivity index (χ1v) is 7.36. The van der Waals surface area contributed by atoms with Crippen LogP contribution < -0.4 is 5.32 Å². The second-order valence-electron chi connectivity index (χ2n) is 6.01. The SMILES string of the molecule is COC1CNC(c2nc(C3CCCC(C)C3)no2)C1. The molecule has 1 aromatic heterocycles. The zero-order chi connectivity index (χ0) is 13.2. The molecule has 106 valence electrons. The lowest BCUT2D eigenvalue weighted by Gasteiger charge is -2.23. The van der Waals surface area contributed by atoms with Gasteiger partial charge in [-0.05, 0) is 25.2 Å². The average molecular weight is 265 g/mol. The van der Waals surface area contributed by atoms with Crippen molar-refractivity contribution in [1.29, 1.82) is 0 Å². The fourth-order valence-corrected chi connectivity index (χ4v) is 3.29. The van der Waals surface area contributed by atoms with Crippen molar-refractivity contribution in [3.05, 3.63) is 11.7 Å². The predicted octanol–water partition coefficient (Wildman–Crippen LogP) is 2.41. The minimum Gasteiger partial charge on any atom is -0.380 e. The van der Waals surface area contributed by atoms with Gasteiger partial charge in [-0.25, -0.2) is 0 Å². The molecule has 2 heterocycles. The summed E-state index contributed by atoms with van der Waals surface area (Å²) < 4.78 is 10.8. The molecular formula is C14H23N3O2. The fourth-order valence-electron chi connectivity index (χ4n) is 3.29. The van der Waals surface area contributed by atoms with E-state index < -0.39 is 0 Å². The predicted molar refractivity (Wildman–Crippen MR) is 70.8 cm³/mol. The standard InChI is InChI=1S/C14H23N3O2/c1-9-4-3-5-10(6-9)13-16-14(19-17-13)12-7-11(18-2)8-15-12/h9-12,15H,3-8H2,1-2H3. The molecule has 1 saturated carbocycles. The van der Waals surface area contributed by atoms with E-state index in [2.05, 4.69) is 22.4 Å². The summed E-state index contributed by atoms with van der Waals surface area (Å²) in [6, 6.07) is 0.159. The molecule has 1 aliphatic carbocycles. The number of nitrogens with zero attached hydrogens (tertiary/aromatic N) is 2. The van der Waals surface area contributed by atoms with Gasteiger partial charge in [0.2, 0.25) is 5.89 Å². The van der Waals surface area contributed by atoms with Gasteiger partial charge in [0.1, 0.15) is 0 Å². The number of hydrogen-bond donors (Lipinski definition) is 1. The number of aromatic nitrogens is 2. The Morgan fingerprint density at radius 2 is 2.21 bits per heavy atom. The fraction of sp³-hybridized carbons (Fsp3) is 0.857. The minimum absolute atomic E-state index is 0.159. The summed E-state index contributed by atoms with van der Waals surface area (Å²) in [6.45, 7) is 3.17. The zero-order valence-corrected chi connectivity index (χ0v) is 11.8. The van der Waals surface area contributed by atoms with Gasteiger partial charge < -0.3 is 14.6 Å². The molecular weight excluding hydrogens is 242 g/mol. The zero-order valence-electron chi connectivity index (χ0n) is 11.8. The highest BCUT2D eigenvalue weighted by Crippen LogP contribution is 2.35. The second kappa shape index (κ2) is 5.59. The topological polar surface area (TPSA) is 60.2 Å². The Hall–Kier alpha value is -0.940. The van der Waals surface area contributed by atoms with Gasteiger partial charge in [0.15, 0.2) is 5.82 Å². The van der Waals surface area contributed by atoms with E-state index in [0.29, 0.717) is 5.92 Å². The Morgan fingerprint density at radius 1 is 1.32 bits per heavy atom. The molecule has 1 saturated heterocycles. The number of nitrogens with one attached hydrogen (secondary N) is 1. The van der Waals surface area contributed by atoms with E-state index in [1.807, 2.05) is 0 Å². The van der Waals surface area contributed by atoms with Crippen LogP contribution in [-0.4, -0.2) is 29.9 Å². The molecule has 5 nitrogen and oxygen atoms in total. The van der Waals surface area contributed by atoms with Crippen LogP contribution in [0.1, 0.15) is 62.7 Å². The molecule has 0 radical (unpaired) electrons. The lowest BCUT2D eigenvalue weighted by molar-refractivity contribution is 0.116. The first-order valence-electron chi connectivity index (χ1n) is 7.36. The van der Waals surface area contributed by atoms with E-state index in [4.69, 9.17) is 9.26 Å². The maximum atomic E-state index is 5.45. The van der Waals surface area contributed by atoms with E-state index in [1.54, 1.807) is 7.11 Å². The molecule has 4 atom stereocenters. The monoisotopic (exact) mass is 265 g/mol. The molecule has 19 heavy (non-hydrogen) atoms. The smallest absolute Gasteiger partial charge is 0.243 e. The van der Waals surface area contributed by atoms with Gasteiger partial charge in [-0.3, -0.25) is 0 Å². The molecule has 3 rings (SSSR count). The third kappa shape index (κ3) is 2.82. The summed E-state index contributed by atoms with van der Waals surface area (Å²) in [5.41, 5.74) is 0. The maximum Gasteiger partial charge on any atom is 0.243 e. The van der Waals surface area contributed by atoms with Crippen molar-refractivity contribution in [2.24, 2.45) is 5.92 Å². The third-order valence-corrected chi connectivity index (χ3v) is 4.48. The second-order valence-corrected chi connectivity index (χ2v) is 6.01. The van der Waals surface area contributed by atoms with Crippen molar-refractivity contribution in [1.82, 2.24) is 15.5 Å². The average Bonchev–Trinajstić information content (AvgIpc) is 3.07. The van der Waals surface area contributed by atoms with E-state index in [-0.39, 0.29) is 12.1 Å². The molecule has 0 amide bonds. The maximum absolute atomic E-state index is 5.45. The molecule has 2 fully saturated rings. The highest BCUT2D eigenvalue weighted by Gasteiger charge is 2.31. The van der Waals surface area contributed by atoms with Crippen LogP contribution in [0, 0.1) is 5.92 Å². The van der Waals surface area contributed by atoms with Crippen molar-refractivity contribution in [2.45, 2.75) is 57.1 Å². The Morgan fingerprint density at radius 3 is 2.95 bits per heavy atom. The van der Waals surface area contributed by atoms with Gasteiger partial charge in [-0.15, -0.1) is 0 Å². The molecule has 1 aliphatic heterocycles. The molecule has 1 N–H and O–H groups in total. The number of ether oxygens (including phenoxy) is 1. The van der Waals surface area contributed by atoms with Gasteiger partial charge in [0, 0.05) is 19.6 Å². The normalized spacial score (nSPS) is 35.7. The van der Waals surface area contributed by atoms with Gasteiger partial charge in [0.25, 0.3) is 0 Å². The van der Waals surface area contributed by atoms with Gasteiger partial charge in [0.05, 0.1) is 12.1 Å². The summed E-state index contributed by atoms with van der Waals surface area (Å²) in [4.78, 5) is 4.62. The summed E-state index contributed by atoms with van der Waals surface area (Å²) in [5, 5.41) is 7.58. The van der Waals surface area contributed by atoms with Gasteiger partial charge in [-0.2, -0.15) is 4.98 Å². The Labute approximate surface area is 114 Å². The van der Waals surface area contributed by atoms with E-state index >= 15 is 0 Å². The van der Waals surface area contributed by atoms with Crippen LogP contribution in [0.4, 0.5) is 0 Å². The number of hydrogen-bond acceptors (Lipinski definition) is 5. The van der Waals surface area contributed by atoms with Crippen molar-refractivity contribution < 1.29 is 9.26 Å². The highest BCUT2D eigenvalue weighted by molar-refractivity contribution is 5.02. The number of methoxy groups -OCH3 is 1. The first kappa shape index (κ1) is 13.1. The Bertz CT molecular complexity index is 421. The molecule has 1 aromatic rings. The van der Waals surface area contributed by atoms with E-state index in [0.717, 1.165) is 30.6 Å². The lowest BCUT2D eigenvalue weighted by Crippen LogP contribution is -2.16. The molecule has 4 unspecified atom stereocenters. The summed E-state index contributed by atoms with van der Waals surface area (Å²) in [7, 11) is 1.75. The Kier molecular flexibility index (Phi) is 3.84. The number of rotatable bonds is 3. The van der Waals surface area contributed by atoms with Crippen LogP contribution in [0.3, 0.4) is 0 Å². The molecule has 0 spiro atoms.